The maximum absolute atomic E-state index is 11.7. The molecule has 2 N–H and O–H groups in total. The van der Waals surface area contributed by atoms with Gasteiger partial charge in [0.1, 0.15) is 0 Å². The first kappa shape index (κ1) is 12.8. The average Bonchev–Trinajstić information content (AvgIpc) is 2.78. The van der Waals surface area contributed by atoms with E-state index in [1.807, 2.05) is 6.92 Å². The van der Waals surface area contributed by atoms with Gasteiger partial charge in [-0.25, -0.2) is 5.10 Å². The number of nitrogens with one attached hydrogen (secondary N) is 2. The summed E-state index contributed by atoms with van der Waals surface area (Å²) in [7, 11) is 0. The Hall–Kier alpha value is -1.63. The quantitative estimate of drug-likeness (QED) is 0.821. The molecule has 18 heavy (non-hydrogen) atoms. The molecule has 7 heteroatoms. The van der Waals surface area contributed by atoms with Crippen LogP contribution in [0, 0.1) is 0 Å². The molecule has 1 aromatic rings. The first-order valence-electron chi connectivity index (χ1n) is 6.24. The van der Waals surface area contributed by atoms with Crippen molar-refractivity contribution in [3.05, 3.63) is 0 Å². The smallest absolute Gasteiger partial charge is 0.337 e. The summed E-state index contributed by atoms with van der Waals surface area (Å²) in [6.07, 6.45) is 3.51. The number of carbonyl (C=O) groups is 1. The number of nitrogens with zero attached hydrogens (tertiary/aromatic N) is 2. The third kappa shape index (κ3) is 3.69. The molecule has 0 radical (unpaired) electrons. The Morgan fingerprint density at radius 1 is 1.61 bits per heavy atom. The van der Waals surface area contributed by atoms with Gasteiger partial charge in [-0.1, -0.05) is 0 Å². The molecule has 2 rings (SSSR count). The van der Waals surface area contributed by atoms with E-state index in [1.54, 1.807) is 0 Å². The SMILES string of the molecule is CCOc1n[nH]c(NC(=O)CC2CCCCO2)n1. The third-order valence-electron chi connectivity index (χ3n) is 2.68. The fourth-order valence-electron chi connectivity index (χ4n) is 1.85. The summed E-state index contributed by atoms with van der Waals surface area (Å²) in [6, 6.07) is 0.238. The molecule has 0 bridgehead atoms. The first-order chi connectivity index (χ1) is 8.78. The second-order valence-electron chi connectivity index (χ2n) is 4.14. The third-order valence-corrected chi connectivity index (χ3v) is 2.68. The molecule has 1 atom stereocenters. The molecule has 1 aliphatic heterocycles. The highest BCUT2D eigenvalue weighted by atomic mass is 16.5. The van der Waals surface area contributed by atoms with Crippen molar-refractivity contribution in [3.63, 3.8) is 0 Å². The molecule has 1 unspecified atom stereocenters. The largest absolute Gasteiger partial charge is 0.463 e. The van der Waals surface area contributed by atoms with Crippen LogP contribution in [0.15, 0.2) is 0 Å². The zero-order chi connectivity index (χ0) is 12.8. The molecule has 1 aliphatic rings. The van der Waals surface area contributed by atoms with E-state index in [9.17, 15) is 4.79 Å². The molecule has 0 saturated carbocycles. The van der Waals surface area contributed by atoms with Crippen LogP contribution in [0.5, 0.6) is 6.01 Å². The number of aromatic nitrogens is 3. The molecule has 0 spiro atoms. The second-order valence-corrected chi connectivity index (χ2v) is 4.14. The van der Waals surface area contributed by atoms with E-state index in [0.29, 0.717) is 19.0 Å². The molecule has 1 aromatic heterocycles. The van der Waals surface area contributed by atoms with Gasteiger partial charge in [0.25, 0.3) is 0 Å². The molecular weight excluding hydrogens is 236 g/mol. The maximum Gasteiger partial charge on any atom is 0.337 e. The van der Waals surface area contributed by atoms with Crippen LogP contribution in [0.2, 0.25) is 0 Å². The lowest BCUT2D eigenvalue weighted by Gasteiger charge is -2.21. The van der Waals surface area contributed by atoms with Crippen LogP contribution in [-0.4, -0.2) is 40.4 Å². The summed E-state index contributed by atoms with van der Waals surface area (Å²) >= 11 is 0. The van der Waals surface area contributed by atoms with Crippen LogP contribution < -0.4 is 10.1 Å². The van der Waals surface area contributed by atoms with Crippen LogP contribution in [0.1, 0.15) is 32.6 Å². The summed E-state index contributed by atoms with van der Waals surface area (Å²) in [6.45, 7) is 3.07. The fraction of sp³-hybridized carbons (Fsp3) is 0.727. The van der Waals surface area contributed by atoms with Gasteiger partial charge in [-0.3, -0.25) is 10.1 Å². The number of hydrogen-bond acceptors (Lipinski definition) is 5. The molecule has 1 saturated heterocycles. The van der Waals surface area contributed by atoms with E-state index in [1.165, 1.54) is 0 Å². The van der Waals surface area contributed by atoms with Crippen molar-refractivity contribution in [2.24, 2.45) is 0 Å². The van der Waals surface area contributed by atoms with Crippen molar-refractivity contribution in [1.82, 2.24) is 15.2 Å². The number of amides is 1. The van der Waals surface area contributed by atoms with Gasteiger partial charge in [0.05, 0.1) is 19.1 Å². The molecule has 1 amide bonds. The second kappa shape index (κ2) is 6.34. The van der Waals surface area contributed by atoms with Crippen molar-refractivity contribution < 1.29 is 14.3 Å². The highest BCUT2D eigenvalue weighted by Crippen LogP contribution is 2.16. The molecule has 1 fully saturated rings. The average molecular weight is 254 g/mol. The summed E-state index contributed by atoms with van der Waals surface area (Å²) in [5, 5.41) is 9.04. The molecular formula is C11H18N4O3. The Kier molecular flexibility index (Phi) is 4.52. The Morgan fingerprint density at radius 3 is 3.22 bits per heavy atom. The van der Waals surface area contributed by atoms with E-state index < -0.39 is 0 Å². The van der Waals surface area contributed by atoms with Crippen molar-refractivity contribution in [2.45, 2.75) is 38.7 Å². The normalized spacial score (nSPS) is 19.5. The van der Waals surface area contributed by atoms with Gasteiger partial charge in [0.15, 0.2) is 0 Å². The number of carbonyl (C=O) groups excluding carboxylic acids is 1. The maximum atomic E-state index is 11.7. The minimum Gasteiger partial charge on any atom is -0.463 e. The minimum absolute atomic E-state index is 0.0213. The van der Waals surface area contributed by atoms with Gasteiger partial charge in [0, 0.05) is 6.61 Å². The van der Waals surface area contributed by atoms with Gasteiger partial charge in [-0.15, -0.1) is 5.10 Å². The summed E-state index contributed by atoms with van der Waals surface area (Å²) in [4.78, 5) is 15.7. The number of rotatable bonds is 5. The summed E-state index contributed by atoms with van der Waals surface area (Å²) in [5.41, 5.74) is 0. The van der Waals surface area contributed by atoms with Crippen LogP contribution in [0.25, 0.3) is 0 Å². The predicted molar refractivity (Wildman–Crippen MR) is 64.4 cm³/mol. The Morgan fingerprint density at radius 2 is 2.50 bits per heavy atom. The Bertz CT molecular complexity index is 387. The van der Waals surface area contributed by atoms with Crippen LogP contribution in [0.3, 0.4) is 0 Å². The predicted octanol–water partition coefficient (Wildman–Crippen LogP) is 1.10. The number of hydrogen-bond donors (Lipinski definition) is 2. The summed E-state index contributed by atoms with van der Waals surface area (Å²) in [5.74, 6) is 0.181. The number of ether oxygens (including phenoxy) is 2. The zero-order valence-electron chi connectivity index (χ0n) is 10.4. The van der Waals surface area contributed by atoms with E-state index in [2.05, 4.69) is 20.5 Å². The van der Waals surface area contributed by atoms with Crippen LogP contribution in [-0.2, 0) is 9.53 Å². The number of anilines is 1. The molecule has 0 aliphatic carbocycles. The zero-order valence-corrected chi connectivity index (χ0v) is 10.4. The highest BCUT2D eigenvalue weighted by Gasteiger charge is 2.18. The minimum atomic E-state index is -0.124. The molecule has 2 heterocycles. The van der Waals surface area contributed by atoms with Crippen molar-refractivity contribution in [3.8, 4) is 6.01 Å². The lowest BCUT2D eigenvalue weighted by molar-refractivity contribution is -0.119. The lowest BCUT2D eigenvalue weighted by atomic mass is 10.1. The van der Waals surface area contributed by atoms with Gasteiger partial charge in [-0.2, -0.15) is 4.98 Å². The van der Waals surface area contributed by atoms with E-state index in [0.717, 1.165) is 25.9 Å². The standard InChI is InChI=1S/C11H18N4O3/c1-2-17-11-13-10(14-15-11)12-9(16)7-8-5-3-4-6-18-8/h8H,2-7H2,1H3,(H2,12,13,14,15,16). The van der Waals surface area contributed by atoms with E-state index in [-0.39, 0.29) is 18.0 Å². The lowest BCUT2D eigenvalue weighted by Crippen LogP contribution is -2.25. The first-order valence-corrected chi connectivity index (χ1v) is 6.24. The van der Waals surface area contributed by atoms with Gasteiger partial charge in [-0.05, 0) is 26.2 Å². The monoisotopic (exact) mass is 254 g/mol. The number of H-pyrrole nitrogens is 1. The van der Waals surface area contributed by atoms with E-state index >= 15 is 0 Å². The summed E-state index contributed by atoms with van der Waals surface area (Å²) < 4.78 is 10.6. The molecule has 7 nitrogen and oxygen atoms in total. The Balaban J connectivity index is 1.78. The van der Waals surface area contributed by atoms with Crippen LogP contribution >= 0.6 is 0 Å². The van der Waals surface area contributed by atoms with Crippen molar-refractivity contribution >= 4 is 11.9 Å². The Labute approximate surface area is 105 Å². The van der Waals surface area contributed by atoms with Gasteiger partial charge in [0.2, 0.25) is 11.9 Å². The highest BCUT2D eigenvalue weighted by molar-refractivity contribution is 5.89. The molecule has 100 valence electrons. The fourth-order valence-corrected chi connectivity index (χ4v) is 1.85. The topological polar surface area (TPSA) is 89.1 Å². The van der Waals surface area contributed by atoms with Crippen molar-refractivity contribution in [2.75, 3.05) is 18.5 Å². The van der Waals surface area contributed by atoms with Gasteiger partial charge >= 0.3 is 6.01 Å². The van der Waals surface area contributed by atoms with Crippen LogP contribution in [0.4, 0.5) is 5.95 Å². The van der Waals surface area contributed by atoms with Crippen molar-refractivity contribution in [1.29, 1.82) is 0 Å². The van der Waals surface area contributed by atoms with E-state index in [4.69, 9.17) is 9.47 Å². The molecule has 0 aromatic carbocycles. The van der Waals surface area contributed by atoms with Gasteiger partial charge < -0.3 is 9.47 Å². The number of aromatic amines is 1.